The molecule has 7 aliphatic rings. The van der Waals surface area contributed by atoms with E-state index in [0.717, 1.165) is 51.4 Å². The second-order valence-corrected chi connectivity index (χ2v) is 19.2. The quantitative estimate of drug-likeness (QED) is 0.157. The van der Waals surface area contributed by atoms with E-state index in [1.807, 2.05) is 6.92 Å². The molecule has 1 saturated heterocycles. The van der Waals surface area contributed by atoms with Crippen molar-refractivity contribution in [1.82, 2.24) is 0 Å². The number of fused-ring (bicyclic) bond motifs is 7. The van der Waals surface area contributed by atoms with Gasteiger partial charge in [-0.05, 0) is 116 Å². The van der Waals surface area contributed by atoms with E-state index in [-0.39, 0.29) is 59.2 Å². The van der Waals surface area contributed by atoms with Crippen molar-refractivity contribution in [2.75, 3.05) is 19.8 Å². The van der Waals surface area contributed by atoms with Crippen LogP contribution >= 0.6 is 0 Å². The molecule has 6 fully saturated rings. The summed E-state index contributed by atoms with van der Waals surface area (Å²) in [7, 11) is 0. The minimum absolute atomic E-state index is 0.0124. The molecule has 0 amide bonds. The molecule has 0 aromatic heterocycles. The summed E-state index contributed by atoms with van der Waals surface area (Å²) in [6.07, 6.45) is 7.23. The topological polar surface area (TPSA) is 177 Å². The van der Waals surface area contributed by atoms with Crippen LogP contribution in [-0.4, -0.2) is 98.3 Å². The Labute approximate surface area is 297 Å². The molecule has 7 N–H and O–H groups in total. The Morgan fingerprint density at radius 2 is 1.54 bits per heavy atom. The molecule has 0 unspecified atom stereocenters. The van der Waals surface area contributed by atoms with Crippen molar-refractivity contribution in [3.8, 4) is 0 Å². The summed E-state index contributed by atoms with van der Waals surface area (Å²) < 4.78 is 12.1. The van der Waals surface area contributed by atoms with E-state index in [1.165, 1.54) is 12.0 Å². The first kappa shape index (κ1) is 37.2. The highest BCUT2D eigenvalue weighted by Gasteiger charge is 2.73. The van der Waals surface area contributed by atoms with Crippen molar-refractivity contribution in [3.63, 3.8) is 0 Å². The predicted octanol–water partition coefficient (Wildman–Crippen LogP) is 4.17. The lowest BCUT2D eigenvalue weighted by molar-refractivity contribution is -0.335. The summed E-state index contributed by atoms with van der Waals surface area (Å²) in [5.74, 6) is -0.258. The first-order valence-corrected chi connectivity index (χ1v) is 19.7. The lowest BCUT2D eigenvalue weighted by Crippen LogP contribution is -2.71. The molecule has 7 rings (SSSR count). The van der Waals surface area contributed by atoms with Crippen LogP contribution in [0.3, 0.4) is 0 Å². The molecule has 15 atom stereocenters. The molecule has 0 radical (unpaired) electrons. The molecule has 284 valence electrons. The zero-order valence-corrected chi connectivity index (χ0v) is 30.7. The molecule has 0 aromatic carbocycles. The number of ether oxygens (including phenoxy) is 2. The third-order valence-electron chi connectivity index (χ3n) is 17.1. The van der Waals surface area contributed by atoms with Crippen LogP contribution in [0, 0.1) is 56.2 Å². The van der Waals surface area contributed by atoms with E-state index < -0.39 is 53.6 Å². The number of aliphatic hydroxyl groups is 6. The molecule has 1 aliphatic heterocycles. The second-order valence-electron chi connectivity index (χ2n) is 19.2. The predicted molar refractivity (Wildman–Crippen MR) is 184 cm³/mol. The van der Waals surface area contributed by atoms with Crippen molar-refractivity contribution in [2.24, 2.45) is 56.2 Å². The number of aliphatic hydroxyl groups excluding tert-OH is 6. The van der Waals surface area contributed by atoms with Crippen LogP contribution in [0.1, 0.15) is 118 Å². The van der Waals surface area contributed by atoms with Gasteiger partial charge in [-0.15, -0.1) is 0 Å². The number of carboxylic acid groups (broad SMARTS) is 1. The minimum Gasteiger partial charge on any atom is -0.481 e. The molecule has 6 aliphatic carbocycles. The van der Waals surface area contributed by atoms with Crippen molar-refractivity contribution < 1.29 is 50.0 Å². The minimum atomic E-state index is -1.49. The maximum atomic E-state index is 13.2. The maximum absolute atomic E-state index is 13.2. The van der Waals surface area contributed by atoms with Gasteiger partial charge in [-0.2, -0.15) is 0 Å². The third kappa shape index (κ3) is 5.05. The van der Waals surface area contributed by atoms with Gasteiger partial charge in [0.2, 0.25) is 0 Å². The van der Waals surface area contributed by atoms with Crippen LogP contribution in [-0.2, 0) is 14.3 Å². The van der Waals surface area contributed by atoms with E-state index in [0.29, 0.717) is 38.0 Å². The van der Waals surface area contributed by atoms with E-state index in [4.69, 9.17) is 9.47 Å². The monoisotopic (exact) mass is 704 g/mol. The van der Waals surface area contributed by atoms with Gasteiger partial charge in [0.15, 0.2) is 6.29 Å². The van der Waals surface area contributed by atoms with E-state index in [1.54, 1.807) is 0 Å². The molecule has 5 saturated carbocycles. The Balaban J connectivity index is 1.31. The maximum Gasteiger partial charge on any atom is 0.310 e. The number of aliphatic carboxylic acids is 1. The zero-order valence-electron chi connectivity index (χ0n) is 30.7. The number of carboxylic acids is 1. The summed E-state index contributed by atoms with van der Waals surface area (Å²) in [4.78, 5) is 13.2. The molecule has 50 heavy (non-hydrogen) atoms. The smallest absolute Gasteiger partial charge is 0.310 e. The first-order valence-electron chi connectivity index (χ1n) is 19.7. The highest BCUT2D eigenvalue weighted by molar-refractivity contribution is 5.76. The standard InChI is InChI=1S/C40H64O10/c1-35(21-41)14-16-39(34(47)48)17-15-37(3)24(25(39)18-35)10-11-29-38(37,4)13-12-28-36(2,22-42)32(50-33-31(46)30(45)27(44)20-49-33)26(43)19-40(28,29)23-8-6-5-7-9-23/h10,23,25-33,41-46H,5-9,11-22H2,1-4H3,(H,47,48)/t25-,26+,27+,28+,29-,30-,31+,32+,33-,35-,36-,37+,38+,39-,40+/m0/s1. The van der Waals surface area contributed by atoms with E-state index in [9.17, 15) is 40.5 Å². The van der Waals surface area contributed by atoms with Gasteiger partial charge in [0, 0.05) is 12.0 Å². The van der Waals surface area contributed by atoms with Crippen molar-refractivity contribution in [2.45, 2.75) is 154 Å². The van der Waals surface area contributed by atoms with Crippen LogP contribution in [0.4, 0.5) is 0 Å². The molecule has 0 bridgehead atoms. The second kappa shape index (κ2) is 12.7. The average Bonchev–Trinajstić information content (AvgIpc) is 3.10. The van der Waals surface area contributed by atoms with Crippen LogP contribution in [0.15, 0.2) is 11.6 Å². The fourth-order valence-corrected chi connectivity index (χ4v) is 14.0. The molecule has 10 heteroatoms. The molecular formula is C40H64O10. The summed E-state index contributed by atoms with van der Waals surface area (Å²) in [5.41, 5.74) is -1.42. The molecule has 0 spiro atoms. The molecule has 0 aromatic rings. The highest BCUT2D eigenvalue weighted by Crippen LogP contribution is 2.78. The number of allylic oxidation sites excluding steroid dienone is 2. The van der Waals surface area contributed by atoms with Gasteiger partial charge in [0.1, 0.15) is 18.3 Å². The fourth-order valence-electron chi connectivity index (χ4n) is 14.0. The Hall–Kier alpha value is -1.11. The Kier molecular flexibility index (Phi) is 9.49. The SMILES string of the molecule is C[C@]1(CO)CC[C@]2(C(=O)O)CC[C@]3(C)C(=CC[C@@H]4[C@@]5(C6CCCCC6)C[C@@H](O)[C@@H](O[C@@H]6OC[C@@H](O)[C@H](O)[C@H]6O)[C@@](C)(CO)[C@H]5CC[C@]43C)[C@@H]2C1. The van der Waals surface area contributed by atoms with Crippen LogP contribution < -0.4 is 0 Å². The lowest BCUT2D eigenvalue weighted by Gasteiger charge is -2.74. The van der Waals surface area contributed by atoms with Gasteiger partial charge in [-0.1, -0.05) is 58.6 Å². The average molecular weight is 705 g/mol. The van der Waals surface area contributed by atoms with Gasteiger partial charge in [-0.3, -0.25) is 4.79 Å². The largest absolute Gasteiger partial charge is 0.481 e. The van der Waals surface area contributed by atoms with Crippen LogP contribution in [0.5, 0.6) is 0 Å². The number of carbonyl (C=O) groups is 1. The van der Waals surface area contributed by atoms with Crippen molar-refractivity contribution >= 4 is 5.97 Å². The van der Waals surface area contributed by atoms with Crippen LogP contribution in [0.25, 0.3) is 0 Å². The summed E-state index contributed by atoms with van der Waals surface area (Å²) in [6.45, 7) is 8.63. The molecular weight excluding hydrogens is 640 g/mol. The van der Waals surface area contributed by atoms with Crippen LogP contribution in [0.2, 0.25) is 0 Å². The fraction of sp³-hybridized carbons (Fsp3) is 0.925. The van der Waals surface area contributed by atoms with Gasteiger partial charge in [0.25, 0.3) is 0 Å². The molecule has 1 heterocycles. The normalized spacial score (nSPS) is 54.0. The zero-order chi connectivity index (χ0) is 36.1. The van der Waals surface area contributed by atoms with E-state index >= 15 is 0 Å². The number of hydrogen-bond acceptors (Lipinski definition) is 9. The summed E-state index contributed by atoms with van der Waals surface area (Å²) in [6, 6.07) is 0. The summed E-state index contributed by atoms with van der Waals surface area (Å²) in [5, 5.41) is 76.3. The Morgan fingerprint density at radius 3 is 2.20 bits per heavy atom. The van der Waals surface area contributed by atoms with Gasteiger partial charge >= 0.3 is 5.97 Å². The Morgan fingerprint density at radius 1 is 0.840 bits per heavy atom. The highest BCUT2D eigenvalue weighted by atomic mass is 16.7. The summed E-state index contributed by atoms with van der Waals surface area (Å²) >= 11 is 0. The van der Waals surface area contributed by atoms with Gasteiger partial charge in [-0.25, -0.2) is 0 Å². The lowest BCUT2D eigenvalue weighted by atomic mass is 9.31. The molecule has 10 nitrogen and oxygen atoms in total. The van der Waals surface area contributed by atoms with Crippen molar-refractivity contribution in [1.29, 1.82) is 0 Å². The first-order chi connectivity index (χ1) is 23.6. The Bertz CT molecular complexity index is 1330. The van der Waals surface area contributed by atoms with Gasteiger partial charge in [0.05, 0.1) is 30.8 Å². The van der Waals surface area contributed by atoms with E-state index in [2.05, 4.69) is 26.8 Å². The van der Waals surface area contributed by atoms with Crippen molar-refractivity contribution in [3.05, 3.63) is 11.6 Å². The third-order valence-corrected chi connectivity index (χ3v) is 17.1. The van der Waals surface area contributed by atoms with Gasteiger partial charge < -0.3 is 45.2 Å². The number of rotatable bonds is 6. The number of hydrogen-bond donors (Lipinski definition) is 7.